The molecular weight excluding hydrogens is 2230 g/mol. The topological polar surface area (TPSA) is 439 Å². The van der Waals surface area contributed by atoms with E-state index < -0.39 is 17.3 Å². The van der Waals surface area contributed by atoms with E-state index in [1.54, 1.807) is 60.0 Å². The number of rotatable bonds is 9. The number of amides is 2. The maximum atomic E-state index is 12.8. The Morgan fingerprint density at radius 1 is 0.429 bits per heavy atom. The van der Waals surface area contributed by atoms with Crippen LogP contribution in [0.1, 0.15) is 184 Å². The molecule has 4 aliphatic carbocycles. The van der Waals surface area contributed by atoms with Crippen molar-refractivity contribution in [1.29, 1.82) is 0 Å². The van der Waals surface area contributed by atoms with Gasteiger partial charge in [-0.15, -0.1) is 0 Å². The van der Waals surface area contributed by atoms with Crippen molar-refractivity contribution < 1.29 is 48.6 Å². The van der Waals surface area contributed by atoms with E-state index in [1.165, 1.54) is 64.8 Å². The van der Waals surface area contributed by atoms with Gasteiger partial charge in [-0.1, -0.05) is 111 Å². The minimum Gasteiger partial charge on any atom is -0.778 e. The third-order valence-corrected chi connectivity index (χ3v) is 32.9. The molecule has 0 bridgehead atoms. The first-order chi connectivity index (χ1) is 68.7. The SMILES string of the molecule is C.C.C.CC(C)(C)OC(=O)N[C@@H]1c2ncccc2CC12CCN(c1ncc(I)c3nccn13)CC2.CC(C)(C)OC(=O)N[C@@H]1c2ncccc2CC12CCN(c1ncc(Sc3ccnc(N)c3Cl)c3nccn13)CC2.Clc1ncc(I)c2nccn12.N[C@@H]1c2ncccc2CC12CCNCC2.Nc1nccc(Sc2cnc(N3CCC4(CC3)Cc3cccnc3[C@H]4N)n3ccnc23)c1Cl.Nc1nccc([S-])c1Cl.[B][B][B].[Na+]. The number of nitrogens with one attached hydrogen (secondary N) is 3. The first-order valence-electron chi connectivity index (χ1n) is 46.6. The van der Waals surface area contributed by atoms with Gasteiger partial charge in [-0.25, -0.2) is 64.4 Å². The van der Waals surface area contributed by atoms with E-state index >= 15 is 0 Å². The van der Waals surface area contributed by atoms with Crippen molar-refractivity contribution in [3.05, 3.63) is 257 Å². The Bertz CT molecular complexity index is 7050. The molecule has 5 radical (unpaired) electrons. The average molecular weight is 2350 g/mol. The van der Waals surface area contributed by atoms with E-state index in [9.17, 15) is 9.59 Å². The maximum Gasteiger partial charge on any atom is 1.00 e. The summed E-state index contributed by atoms with van der Waals surface area (Å²) in [6.45, 7) is 18.5. The summed E-state index contributed by atoms with van der Waals surface area (Å²) < 4.78 is 21.1. The van der Waals surface area contributed by atoms with Crippen LogP contribution in [-0.2, 0) is 47.8 Å². The molecule has 23 rings (SSSR count). The van der Waals surface area contributed by atoms with Gasteiger partial charge in [0.15, 0.2) is 22.6 Å². The zero-order chi connectivity index (χ0) is 101. The van der Waals surface area contributed by atoms with Crippen LogP contribution in [0.15, 0.2) is 209 Å². The number of halogens is 6. The second-order valence-electron chi connectivity index (χ2n) is 38.2. The molecule has 2 amide bonds. The molecule has 761 valence electrons. The number of nitrogens with zero attached hydrogens (tertiary/aromatic N) is 22. The molecule has 19 heterocycles. The van der Waals surface area contributed by atoms with E-state index in [0.29, 0.717) is 48.1 Å². The third-order valence-electron chi connectivity index (χ3n) is 27.1. The van der Waals surface area contributed by atoms with Crippen molar-refractivity contribution in [3.8, 4) is 0 Å². The number of hydrogen-bond acceptors (Lipinski definition) is 31. The van der Waals surface area contributed by atoms with Crippen LogP contribution < -0.4 is 88.9 Å². The van der Waals surface area contributed by atoms with Gasteiger partial charge in [0.1, 0.15) is 28.7 Å². The monoisotopic (exact) mass is 2350 g/mol. The largest absolute Gasteiger partial charge is 1.00 e. The summed E-state index contributed by atoms with van der Waals surface area (Å²) in [5, 5.41) is 11.4. The van der Waals surface area contributed by atoms with Crippen LogP contribution in [0.2, 0.25) is 20.4 Å². The average Bonchev–Trinajstić information content (AvgIpc) is 1.62. The Morgan fingerprint density at radius 2 is 0.748 bits per heavy atom. The Hall–Kier alpha value is -9.52. The molecule has 15 aromatic rings. The maximum absolute atomic E-state index is 12.8. The number of aromatic nitrogens is 19. The summed E-state index contributed by atoms with van der Waals surface area (Å²) in [5.41, 5.74) is 41.7. The molecule has 47 heteroatoms. The van der Waals surface area contributed by atoms with Crippen LogP contribution in [0.3, 0.4) is 0 Å². The molecule has 0 saturated carbocycles. The number of fused-ring (bicyclic) bond motifs is 8. The van der Waals surface area contributed by atoms with Gasteiger partial charge in [0, 0.05) is 200 Å². The summed E-state index contributed by atoms with van der Waals surface area (Å²) in [6.07, 6.45) is 45.2. The molecule has 4 atom stereocenters. The fourth-order valence-corrected chi connectivity index (χ4v) is 24.0. The van der Waals surface area contributed by atoms with Crippen LogP contribution in [0, 0.1) is 28.8 Å². The smallest absolute Gasteiger partial charge is 0.778 e. The zero-order valence-corrected chi connectivity index (χ0v) is 92.1. The van der Waals surface area contributed by atoms with Gasteiger partial charge >= 0.3 is 41.7 Å². The van der Waals surface area contributed by atoms with E-state index in [4.69, 9.17) is 112 Å². The van der Waals surface area contributed by atoms with Gasteiger partial charge < -0.3 is 81.4 Å². The number of carbonyl (C=O) groups excluding carboxylic acids is 2. The summed E-state index contributed by atoms with van der Waals surface area (Å²) in [5.74, 6) is 3.54. The summed E-state index contributed by atoms with van der Waals surface area (Å²) in [4.78, 5) is 103. The van der Waals surface area contributed by atoms with Gasteiger partial charge in [-0.3, -0.25) is 37.5 Å². The van der Waals surface area contributed by atoms with Gasteiger partial charge in [-0.05, 0) is 258 Å². The molecule has 8 aliphatic rings. The molecule has 4 spiro atoms. The molecule has 4 saturated heterocycles. The fraction of sp³-hybridized carbons (Fsp3) is 0.390. The van der Waals surface area contributed by atoms with Crippen molar-refractivity contribution in [3.63, 3.8) is 0 Å². The number of anilines is 6. The first kappa shape index (κ1) is 115. The number of nitrogens with two attached hydrogens (primary N) is 5. The molecule has 13 N–H and O–H groups in total. The van der Waals surface area contributed by atoms with Gasteiger partial charge in [-0.2, -0.15) is 4.90 Å². The molecule has 15 aromatic heterocycles. The van der Waals surface area contributed by atoms with E-state index in [1.807, 2.05) is 149 Å². The van der Waals surface area contributed by atoms with Crippen molar-refractivity contribution in [2.45, 2.75) is 201 Å². The number of ether oxygens (including phenoxy) is 2. The van der Waals surface area contributed by atoms with Crippen molar-refractivity contribution >= 4 is 220 Å². The molecular formula is C100H117B3Cl4I2N30NaO4S3. The number of piperidine rings is 4. The number of nitrogen functional groups attached to an aromatic ring is 3. The molecule has 34 nitrogen and oxygen atoms in total. The second-order valence-corrected chi connectivity index (χ2v) is 44.6. The number of alkyl carbamates (subject to hydrolysis) is 2. The summed E-state index contributed by atoms with van der Waals surface area (Å²) in [7, 11) is 10.0. The molecule has 4 aliphatic heterocycles. The standard InChI is InChI=1S/C28H31ClN8O2S.C23H23ClN8S.C23H27IN6O2.C12H17N3.C6H3ClIN3.C5H5ClN2S.3CH4.B3.Na/c1-27(2,3)39-26(38)35-22-21-17(5-4-9-31-21)15-28(22)7-12-36(13-8-28)25-34-16-19(24-33-11-14-37(24)25)40-18-6-10-32-23(30)20(18)29;24-17-15(3-7-28-20(17)26)33-16-13-30-22(32-11-8-29-21(16)32)31-9-4-23(5-10-31)12-14-2-1-6-27-18(14)19(23)25;1-22(2,3)32-21(31)28-18-17-15(5-4-8-25-17)13-23(18)6-10-29(11-7-23)20-27-14-16(24)19-26-9-12-30(19)20;13-11-10-9(2-1-5-15-10)8-12(11)3-6-14-7-4-12;7-6-10-3-4(8)5-9-1-2-11(5)6;6-4-3(9)1-2-8-5(4)7;;;;1-3-2;/h4-6,9-11,14,16,22H,7-8,12-13,15H2,1-3H3,(H2,30,32)(H,35,38);1-3,6-8,11,13,19H,4-5,9-10,12,25H2,(H2,26,28);4-5,8-9,12,14,18H,6-7,10-11,13H2,1-3H3,(H,28,31);1-2,5,11,14H,3-4,6-8,13H2;1-3H;1-2H,(H3,7,8,9);3*1H4;;/q;;;;;;;;;;+1/p-1/t22-;19-;18-;11-;;;;;;;/m1111......./s1. The number of carbonyl (C=O) groups is 2. The van der Waals surface area contributed by atoms with Crippen molar-refractivity contribution in [1.82, 2.24) is 108 Å². The van der Waals surface area contributed by atoms with Crippen LogP contribution in [-0.4, -0.2) is 191 Å². The van der Waals surface area contributed by atoms with Crippen molar-refractivity contribution in [2.24, 2.45) is 33.1 Å². The predicted molar refractivity (Wildman–Crippen MR) is 601 cm³/mol. The quantitative estimate of drug-likeness (QED) is 0.0288. The Morgan fingerprint density at radius 3 is 1.12 bits per heavy atom. The van der Waals surface area contributed by atoms with E-state index in [-0.39, 0.29) is 98.3 Å². The fourth-order valence-electron chi connectivity index (χ4n) is 20.2. The van der Waals surface area contributed by atoms with Gasteiger partial charge in [0.25, 0.3) is 0 Å². The van der Waals surface area contributed by atoms with E-state index in [0.717, 1.165) is 214 Å². The number of hydrogen-bond donors (Lipinski definition) is 8. The Kier molecular flexibility index (Phi) is 38.4. The molecule has 147 heavy (non-hydrogen) atoms. The minimum absolute atomic E-state index is 0. The molecule has 4 fully saturated rings. The van der Waals surface area contributed by atoms with Crippen molar-refractivity contribution in [2.75, 3.05) is 84.3 Å². The normalized spacial score (nSPS) is 17.9. The van der Waals surface area contributed by atoms with Crippen LogP contribution in [0.25, 0.3) is 22.6 Å². The van der Waals surface area contributed by atoms with Crippen LogP contribution >= 0.6 is 115 Å². The first-order valence-corrected chi connectivity index (χ1v) is 52.3. The Labute approximate surface area is 943 Å². The zero-order valence-electron chi connectivity index (χ0n) is 80.4. The second kappa shape index (κ2) is 49.3. The van der Waals surface area contributed by atoms with Gasteiger partial charge in [0.05, 0.1) is 78.9 Å². The van der Waals surface area contributed by atoms with Crippen LogP contribution in [0.5, 0.6) is 0 Å². The number of imidazole rings is 4. The Balaban J connectivity index is 0.000000155. The summed E-state index contributed by atoms with van der Waals surface area (Å²) >= 11 is 36.3. The van der Waals surface area contributed by atoms with Crippen LogP contribution in [0.4, 0.5) is 44.9 Å². The van der Waals surface area contributed by atoms with Gasteiger partial charge in [0.2, 0.25) is 23.1 Å². The third kappa shape index (κ3) is 25.3. The minimum atomic E-state index is -0.576. The number of pyridine rings is 7. The molecule has 0 aromatic carbocycles. The van der Waals surface area contributed by atoms with E-state index in [2.05, 4.69) is 180 Å². The predicted octanol–water partition coefficient (Wildman–Crippen LogP) is 15.2. The molecule has 0 unspecified atom stereocenters. The summed E-state index contributed by atoms with van der Waals surface area (Å²) in [6, 6.07) is 21.6.